The number of hydrogen-bond donors (Lipinski definition) is 1. The zero-order valence-electron chi connectivity index (χ0n) is 19.1. The van der Waals surface area contributed by atoms with Crippen molar-refractivity contribution >= 4 is 23.5 Å². The number of piperazine rings is 1. The number of benzene rings is 1. The number of nitrogens with zero attached hydrogens (tertiary/aromatic N) is 3. The van der Waals surface area contributed by atoms with Gasteiger partial charge in [0.1, 0.15) is 11.4 Å². The third kappa shape index (κ3) is 4.71. The standard InChI is InChI=1S/C25H32N4O3/c1-24(2,3)32-23(31)29-16-14-28(15-17-29)20-10-11-21(26-18-20)27-22(30)25(12-7-13-25)19-8-5-4-6-9-19/h4-6,8-11,18H,7,12-17H2,1-3H3,(H,26,27,30). The lowest BCUT2D eigenvalue weighted by Crippen LogP contribution is -2.50. The minimum atomic E-state index is -0.489. The average molecular weight is 437 g/mol. The molecular weight excluding hydrogens is 404 g/mol. The van der Waals surface area contributed by atoms with Crippen LogP contribution >= 0.6 is 0 Å². The molecule has 0 bridgehead atoms. The summed E-state index contributed by atoms with van der Waals surface area (Å²) < 4.78 is 5.46. The maximum Gasteiger partial charge on any atom is 0.410 e. The summed E-state index contributed by atoms with van der Waals surface area (Å²) in [5, 5.41) is 3.02. The first-order valence-electron chi connectivity index (χ1n) is 11.3. The second-order valence-electron chi connectivity index (χ2n) is 9.61. The van der Waals surface area contributed by atoms with E-state index >= 15 is 0 Å². The summed E-state index contributed by atoms with van der Waals surface area (Å²) in [6, 6.07) is 13.8. The van der Waals surface area contributed by atoms with Gasteiger partial charge in [0.25, 0.3) is 0 Å². The molecule has 2 amide bonds. The van der Waals surface area contributed by atoms with Crippen molar-refractivity contribution in [2.24, 2.45) is 0 Å². The van der Waals surface area contributed by atoms with Crippen LogP contribution in [-0.4, -0.2) is 53.7 Å². The Morgan fingerprint density at radius 2 is 1.69 bits per heavy atom. The van der Waals surface area contributed by atoms with Crippen molar-refractivity contribution < 1.29 is 14.3 Å². The molecule has 0 atom stereocenters. The number of rotatable bonds is 4. The van der Waals surface area contributed by atoms with Gasteiger partial charge in [-0.25, -0.2) is 9.78 Å². The van der Waals surface area contributed by atoms with Gasteiger partial charge in [-0.1, -0.05) is 36.8 Å². The van der Waals surface area contributed by atoms with Crippen molar-refractivity contribution in [2.45, 2.75) is 51.0 Å². The van der Waals surface area contributed by atoms with Crippen molar-refractivity contribution in [3.8, 4) is 0 Å². The van der Waals surface area contributed by atoms with Gasteiger partial charge in [0.2, 0.25) is 5.91 Å². The zero-order chi connectivity index (χ0) is 22.8. The maximum absolute atomic E-state index is 13.1. The van der Waals surface area contributed by atoms with Crippen LogP contribution in [0.15, 0.2) is 48.7 Å². The molecule has 170 valence electrons. The Morgan fingerprint density at radius 3 is 2.22 bits per heavy atom. The van der Waals surface area contributed by atoms with Gasteiger partial charge in [0.15, 0.2) is 0 Å². The second-order valence-corrected chi connectivity index (χ2v) is 9.61. The fourth-order valence-corrected chi connectivity index (χ4v) is 4.29. The fourth-order valence-electron chi connectivity index (χ4n) is 4.29. The minimum Gasteiger partial charge on any atom is -0.444 e. The molecule has 1 N–H and O–H groups in total. The molecule has 4 rings (SSSR count). The number of aromatic nitrogens is 1. The molecule has 32 heavy (non-hydrogen) atoms. The van der Waals surface area contributed by atoms with E-state index in [9.17, 15) is 9.59 Å². The van der Waals surface area contributed by atoms with Crippen LogP contribution in [0.2, 0.25) is 0 Å². The predicted molar refractivity (Wildman–Crippen MR) is 125 cm³/mol. The highest BCUT2D eigenvalue weighted by Gasteiger charge is 2.45. The van der Waals surface area contributed by atoms with Crippen LogP contribution in [0.1, 0.15) is 45.6 Å². The highest BCUT2D eigenvalue weighted by atomic mass is 16.6. The zero-order valence-corrected chi connectivity index (χ0v) is 19.1. The van der Waals surface area contributed by atoms with Gasteiger partial charge >= 0.3 is 6.09 Å². The minimum absolute atomic E-state index is 0.0150. The van der Waals surface area contributed by atoms with Gasteiger partial charge in [-0.2, -0.15) is 0 Å². The number of hydrogen-bond acceptors (Lipinski definition) is 5. The molecule has 0 radical (unpaired) electrons. The van der Waals surface area contributed by atoms with Crippen molar-refractivity contribution in [3.63, 3.8) is 0 Å². The Hall–Kier alpha value is -3.09. The molecule has 1 saturated heterocycles. The molecule has 1 saturated carbocycles. The van der Waals surface area contributed by atoms with Gasteiger partial charge in [0, 0.05) is 26.2 Å². The predicted octanol–water partition coefficient (Wildman–Crippen LogP) is 4.20. The highest BCUT2D eigenvalue weighted by molar-refractivity contribution is 5.99. The van der Waals surface area contributed by atoms with Crippen molar-refractivity contribution in [1.29, 1.82) is 0 Å². The number of carbonyl (C=O) groups excluding carboxylic acids is 2. The van der Waals surface area contributed by atoms with Crippen molar-refractivity contribution in [1.82, 2.24) is 9.88 Å². The SMILES string of the molecule is CC(C)(C)OC(=O)N1CCN(c2ccc(NC(=O)C3(c4ccccc4)CCC3)nc2)CC1. The molecule has 7 nitrogen and oxygen atoms in total. The monoisotopic (exact) mass is 436 g/mol. The maximum atomic E-state index is 13.1. The molecule has 1 aliphatic heterocycles. The molecule has 1 aliphatic carbocycles. The van der Waals surface area contributed by atoms with Crippen LogP contribution in [-0.2, 0) is 14.9 Å². The summed E-state index contributed by atoms with van der Waals surface area (Å²) in [6.45, 7) is 8.26. The highest BCUT2D eigenvalue weighted by Crippen LogP contribution is 2.44. The van der Waals surface area contributed by atoms with E-state index in [1.165, 1.54) is 0 Å². The molecule has 2 fully saturated rings. The van der Waals surface area contributed by atoms with E-state index in [-0.39, 0.29) is 12.0 Å². The van der Waals surface area contributed by atoms with Crippen LogP contribution in [0.4, 0.5) is 16.3 Å². The summed E-state index contributed by atoms with van der Waals surface area (Å²) in [5.41, 5.74) is 1.12. The van der Waals surface area contributed by atoms with E-state index in [0.717, 1.165) is 30.5 Å². The summed E-state index contributed by atoms with van der Waals surface area (Å²) in [5.74, 6) is 0.578. The van der Waals surface area contributed by atoms with E-state index in [2.05, 4.69) is 15.2 Å². The Labute approximate surface area is 189 Å². The van der Waals surface area contributed by atoms with Gasteiger partial charge in [-0.3, -0.25) is 4.79 Å². The van der Waals surface area contributed by atoms with Crippen molar-refractivity contribution in [3.05, 3.63) is 54.2 Å². The van der Waals surface area contributed by atoms with E-state index in [0.29, 0.717) is 32.0 Å². The number of carbonyl (C=O) groups is 2. The third-order valence-electron chi connectivity index (χ3n) is 6.25. The summed E-state index contributed by atoms with van der Waals surface area (Å²) in [6.07, 6.45) is 4.31. The lowest BCUT2D eigenvalue weighted by atomic mass is 9.64. The smallest absolute Gasteiger partial charge is 0.410 e. The van der Waals surface area contributed by atoms with Crippen LogP contribution in [0.25, 0.3) is 0 Å². The molecule has 0 spiro atoms. The molecular formula is C25H32N4O3. The molecule has 1 aromatic carbocycles. The van der Waals surface area contributed by atoms with Gasteiger partial charge in [-0.15, -0.1) is 0 Å². The topological polar surface area (TPSA) is 74.8 Å². The number of nitrogens with one attached hydrogen (secondary N) is 1. The van der Waals surface area contributed by atoms with E-state index < -0.39 is 11.0 Å². The summed E-state index contributed by atoms with van der Waals surface area (Å²) >= 11 is 0. The Morgan fingerprint density at radius 1 is 1.00 bits per heavy atom. The lowest BCUT2D eigenvalue weighted by Gasteiger charge is -2.40. The average Bonchev–Trinajstić information content (AvgIpc) is 2.73. The molecule has 2 aromatic rings. The molecule has 2 aliphatic rings. The first-order valence-corrected chi connectivity index (χ1v) is 11.3. The number of ether oxygens (including phenoxy) is 1. The summed E-state index contributed by atoms with van der Waals surface area (Å²) in [7, 11) is 0. The first-order chi connectivity index (χ1) is 15.3. The quantitative estimate of drug-likeness (QED) is 0.778. The normalized spacial score (nSPS) is 18.0. The van der Waals surface area contributed by atoms with Crippen LogP contribution in [0, 0.1) is 0 Å². The van der Waals surface area contributed by atoms with Gasteiger partial charge in [0.05, 0.1) is 17.3 Å². The Bertz CT molecular complexity index is 941. The van der Waals surface area contributed by atoms with Crippen LogP contribution < -0.4 is 10.2 Å². The molecule has 2 heterocycles. The molecule has 1 aromatic heterocycles. The van der Waals surface area contributed by atoms with E-state index in [4.69, 9.17) is 4.74 Å². The van der Waals surface area contributed by atoms with Gasteiger partial charge < -0.3 is 19.9 Å². The van der Waals surface area contributed by atoms with Gasteiger partial charge in [-0.05, 0) is 51.3 Å². The number of anilines is 2. The first kappa shape index (κ1) is 22.1. The lowest BCUT2D eigenvalue weighted by molar-refractivity contribution is -0.124. The molecule has 0 unspecified atom stereocenters. The Kier molecular flexibility index (Phi) is 6.09. The van der Waals surface area contributed by atoms with E-state index in [1.54, 1.807) is 11.1 Å². The molecule has 7 heteroatoms. The number of pyridine rings is 1. The summed E-state index contributed by atoms with van der Waals surface area (Å²) in [4.78, 5) is 33.8. The Balaban J connectivity index is 1.34. The third-order valence-corrected chi connectivity index (χ3v) is 6.25. The second kappa shape index (κ2) is 8.81. The van der Waals surface area contributed by atoms with Crippen molar-refractivity contribution in [2.75, 3.05) is 36.4 Å². The van der Waals surface area contributed by atoms with Crippen LogP contribution in [0.5, 0.6) is 0 Å². The van der Waals surface area contributed by atoms with Crippen LogP contribution in [0.3, 0.4) is 0 Å². The largest absolute Gasteiger partial charge is 0.444 e. The van der Waals surface area contributed by atoms with E-state index in [1.807, 2.05) is 63.2 Å². The number of amides is 2. The fraction of sp³-hybridized carbons (Fsp3) is 0.480.